The molecule has 2 heteroatoms. The molecule has 1 aliphatic rings. The summed E-state index contributed by atoms with van der Waals surface area (Å²) >= 11 is 0. The topological polar surface area (TPSA) is 9.23 Å². The van der Waals surface area contributed by atoms with Gasteiger partial charge >= 0.3 is 0 Å². The number of rotatable bonds is 13. The summed E-state index contributed by atoms with van der Waals surface area (Å²) in [6.07, 6.45) is 12.0. The SMILES string of the molecule is CCc1cc(-c2ccc(C3CCC(C)CC3)cc2F)ccc1-c1cc(CC)c(OCC(CC)(CC)CC)c(CC)c1CC. The van der Waals surface area contributed by atoms with Gasteiger partial charge in [-0.3, -0.25) is 0 Å². The molecule has 0 aromatic heterocycles. The number of hydrogen-bond donors (Lipinski definition) is 0. The molecule has 43 heavy (non-hydrogen) atoms. The van der Waals surface area contributed by atoms with Crippen LogP contribution < -0.4 is 4.74 Å². The summed E-state index contributed by atoms with van der Waals surface area (Å²) in [7, 11) is 0. The molecule has 0 heterocycles. The predicted molar refractivity (Wildman–Crippen MR) is 184 cm³/mol. The highest BCUT2D eigenvalue weighted by Gasteiger charge is 2.27. The van der Waals surface area contributed by atoms with E-state index in [2.05, 4.69) is 85.7 Å². The summed E-state index contributed by atoms with van der Waals surface area (Å²) in [6.45, 7) is 19.0. The Balaban J connectivity index is 1.72. The minimum absolute atomic E-state index is 0.0921. The number of aryl methyl sites for hydroxylation is 2. The molecular formula is C41H57FO. The molecule has 1 aliphatic carbocycles. The first-order chi connectivity index (χ1) is 20.8. The van der Waals surface area contributed by atoms with E-state index in [4.69, 9.17) is 4.74 Å². The number of hydrogen-bond acceptors (Lipinski definition) is 1. The molecule has 0 saturated heterocycles. The van der Waals surface area contributed by atoms with E-state index in [1.165, 1.54) is 64.6 Å². The molecule has 0 N–H and O–H groups in total. The molecule has 0 radical (unpaired) electrons. The summed E-state index contributed by atoms with van der Waals surface area (Å²) in [5, 5.41) is 0. The molecular weight excluding hydrogens is 527 g/mol. The van der Waals surface area contributed by atoms with Crippen LogP contribution in [0.2, 0.25) is 0 Å². The van der Waals surface area contributed by atoms with Crippen molar-refractivity contribution in [3.8, 4) is 28.0 Å². The van der Waals surface area contributed by atoms with Gasteiger partial charge in [0.1, 0.15) is 11.6 Å². The number of ether oxygens (including phenoxy) is 1. The lowest BCUT2D eigenvalue weighted by molar-refractivity contribution is 0.126. The van der Waals surface area contributed by atoms with E-state index < -0.39 is 0 Å². The van der Waals surface area contributed by atoms with E-state index >= 15 is 4.39 Å². The second-order valence-corrected chi connectivity index (χ2v) is 13.2. The smallest absolute Gasteiger partial charge is 0.131 e. The highest BCUT2D eigenvalue weighted by molar-refractivity contribution is 5.78. The second-order valence-electron chi connectivity index (χ2n) is 13.2. The average molecular weight is 585 g/mol. The third-order valence-electron chi connectivity index (χ3n) is 11.0. The summed E-state index contributed by atoms with van der Waals surface area (Å²) < 4.78 is 22.4. The fraction of sp³-hybridized carbons (Fsp3) is 0.561. The van der Waals surface area contributed by atoms with Crippen LogP contribution in [0.1, 0.15) is 134 Å². The lowest BCUT2D eigenvalue weighted by Gasteiger charge is -2.32. The van der Waals surface area contributed by atoms with Gasteiger partial charge in [0, 0.05) is 11.0 Å². The van der Waals surface area contributed by atoms with Crippen LogP contribution >= 0.6 is 0 Å². The van der Waals surface area contributed by atoms with Crippen molar-refractivity contribution in [3.63, 3.8) is 0 Å². The summed E-state index contributed by atoms with van der Waals surface area (Å²) in [4.78, 5) is 0. The number of benzene rings is 3. The Labute approximate surface area is 262 Å². The van der Waals surface area contributed by atoms with Crippen LogP contribution in [0.4, 0.5) is 4.39 Å². The minimum Gasteiger partial charge on any atom is -0.492 e. The fourth-order valence-corrected chi connectivity index (χ4v) is 7.49. The van der Waals surface area contributed by atoms with Crippen molar-refractivity contribution < 1.29 is 9.13 Å². The first-order valence-electron chi connectivity index (χ1n) is 17.5. The third-order valence-corrected chi connectivity index (χ3v) is 11.0. The molecule has 0 amide bonds. The van der Waals surface area contributed by atoms with Crippen molar-refractivity contribution in [2.24, 2.45) is 11.3 Å². The largest absolute Gasteiger partial charge is 0.492 e. The van der Waals surface area contributed by atoms with E-state index in [0.717, 1.165) is 68.8 Å². The maximum absolute atomic E-state index is 15.6. The molecule has 0 atom stereocenters. The molecule has 0 bridgehead atoms. The normalized spacial score (nSPS) is 17.3. The van der Waals surface area contributed by atoms with Crippen molar-refractivity contribution in [2.45, 2.75) is 132 Å². The summed E-state index contributed by atoms with van der Waals surface area (Å²) in [5.74, 6) is 2.32. The first-order valence-corrected chi connectivity index (χ1v) is 17.5. The molecule has 3 aromatic rings. The van der Waals surface area contributed by atoms with Gasteiger partial charge in [0.25, 0.3) is 0 Å². The summed E-state index contributed by atoms with van der Waals surface area (Å²) in [5.41, 5.74) is 11.0. The Hall–Kier alpha value is -2.61. The van der Waals surface area contributed by atoms with E-state index in [1.54, 1.807) is 0 Å². The molecule has 0 spiro atoms. The van der Waals surface area contributed by atoms with Gasteiger partial charge in [0.05, 0.1) is 6.61 Å². The van der Waals surface area contributed by atoms with Crippen LogP contribution in [0.25, 0.3) is 22.3 Å². The second kappa shape index (κ2) is 14.9. The predicted octanol–water partition coefficient (Wildman–Crippen LogP) is 12.3. The van der Waals surface area contributed by atoms with E-state index in [1.807, 2.05) is 12.1 Å². The fourth-order valence-electron chi connectivity index (χ4n) is 7.49. The Morgan fingerprint density at radius 3 is 1.86 bits per heavy atom. The van der Waals surface area contributed by atoms with Gasteiger partial charge in [-0.15, -0.1) is 0 Å². The molecule has 1 fully saturated rings. The molecule has 1 saturated carbocycles. The lowest BCUT2D eigenvalue weighted by atomic mass is 9.79. The van der Waals surface area contributed by atoms with Crippen molar-refractivity contribution in [1.82, 2.24) is 0 Å². The van der Waals surface area contributed by atoms with Gasteiger partial charge in [-0.2, -0.15) is 0 Å². The molecule has 3 aromatic carbocycles. The van der Waals surface area contributed by atoms with Gasteiger partial charge in [-0.1, -0.05) is 98.6 Å². The zero-order valence-corrected chi connectivity index (χ0v) is 28.5. The molecule has 1 nitrogen and oxygen atoms in total. The van der Waals surface area contributed by atoms with Gasteiger partial charge in [0.15, 0.2) is 0 Å². The van der Waals surface area contributed by atoms with Gasteiger partial charge < -0.3 is 4.74 Å². The standard InChI is InChI=1S/C41H57FO/c1-9-29-24-33(37-23-20-32(26-39(37)42)31-18-16-28(8)17-19-31)21-22-36(29)38-25-30(10-2)40(35(12-4)34(38)11-3)43-27-41(13-5,14-6)15-7/h20-26,28,31H,9-19,27H2,1-8H3. The lowest BCUT2D eigenvalue weighted by Crippen LogP contribution is -2.27. The molecule has 0 aliphatic heterocycles. The van der Waals surface area contributed by atoms with Crippen LogP contribution in [0.3, 0.4) is 0 Å². The van der Waals surface area contributed by atoms with Crippen LogP contribution in [0.5, 0.6) is 5.75 Å². The minimum atomic E-state index is -0.0921. The van der Waals surface area contributed by atoms with Crippen molar-refractivity contribution in [2.75, 3.05) is 6.61 Å². The van der Waals surface area contributed by atoms with Crippen molar-refractivity contribution >= 4 is 0 Å². The monoisotopic (exact) mass is 584 g/mol. The molecule has 4 rings (SSSR count). The quantitative estimate of drug-likeness (QED) is 0.194. The Bertz CT molecular complexity index is 1350. The van der Waals surface area contributed by atoms with Crippen molar-refractivity contribution in [1.29, 1.82) is 0 Å². The maximum Gasteiger partial charge on any atom is 0.131 e. The van der Waals surface area contributed by atoms with Crippen LogP contribution in [-0.4, -0.2) is 6.61 Å². The van der Waals surface area contributed by atoms with Gasteiger partial charge in [0.2, 0.25) is 0 Å². The molecule has 234 valence electrons. The van der Waals surface area contributed by atoms with Crippen molar-refractivity contribution in [3.05, 3.63) is 76.1 Å². The number of halogens is 1. The highest BCUT2D eigenvalue weighted by Crippen LogP contribution is 2.42. The Morgan fingerprint density at radius 1 is 0.674 bits per heavy atom. The zero-order valence-electron chi connectivity index (χ0n) is 28.5. The summed E-state index contributed by atoms with van der Waals surface area (Å²) in [6, 6.07) is 15.0. The van der Waals surface area contributed by atoms with E-state index in [9.17, 15) is 0 Å². The maximum atomic E-state index is 15.6. The van der Waals surface area contributed by atoms with E-state index in [-0.39, 0.29) is 11.2 Å². The Morgan fingerprint density at radius 2 is 1.30 bits per heavy atom. The third kappa shape index (κ3) is 7.05. The van der Waals surface area contributed by atoms with E-state index in [0.29, 0.717) is 11.5 Å². The van der Waals surface area contributed by atoms with Gasteiger partial charge in [-0.05, 0) is 126 Å². The Kier molecular flexibility index (Phi) is 11.5. The molecule has 0 unspecified atom stereocenters. The van der Waals surface area contributed by atoms with Crippen LogP contribution in [0.15, 0.2) is 42.5 Å². The average Bonchev–Trinajstić information content (AvgIpc) is 3.04. The van der Waals surface area contributed by atoms with Gasteiger partial charge in [-0.25, -0.2) is 4.39 Å². The highest BCUT2D eigenvalue weighted by atomic mass is 19.1. The zero-order chi connectivity index (χ0) is 31.1. The van der Waals surface area contributed by atoms with Crippen LogP contribution in [0, 0.1) is 17.2 Å². The first kappa shape index (κ1) is 33.3. The van der Waals surface area contributed by atoms with Crippen LogP contribution in [-0.2, 0) is 25.7 Å².